The zero-order chi connectivity index (χ0) is 15.7. The minimum Gasteiger partial charge on any atom is -0.356 e. The van der Waals surface area contributed by atoms with Crippen LogP contribution in [0.2, 0.25) is 0 Å². The van der Waals surface area contributed by atoms with Crippen molar-refractivity contribution >= 4 is 51.3 Å². The standard InChI is InChI=1S/C13H24N4O2S2.HI/c1-11(12-6-4-9-20-12)10-16-13(14-2)15-7-5-8-17-21(3,18)19;/h4,6,9,11,17H,5,7-8,10H2,1-3H3,(H2,14,15,16);1H. The summed E-state index contributed by atoms with van der Waals surface area (Å²) in [6.07, 6.45) is 1.86. The van der Waals surface area contributed by atoms with Crippen LogP contribution in [-0.4, -0.2) is 47.3 Å². The Bertz CT molecular complexity index is 532. The first kappa shape index (κ1) is 21.6. The van der Waals surface area contributed by atoms with Crippen molar-refractivity contribution in [3.8, 4) is 0 Å². The van der Waals surface area contributed by atoms with Crippen molar-refractivity contribution in [3.05, 3.63) is 22.4 Å². The van der Waals surface area contributed by atoms with Gasteiger partial charge in [0, 0.05) is 37.5 Å². The van der Waals surface area contributed by atoms with Gasteiger partial charge < -0.3 is 10.6 Å². The summed E-state index contributed by atoms with van der Waals surface area (Å²) < 4.78 is 24.3. The molecule has 0 aromatic carbocycles. The number of hydrogen-bond donors (Lipinski definition) is 3. The van der Waals surface area contributed by atoms with Crippen LogP contribution in [0.3, 0.4) is 0 Å². The molecule has 1 rings (SSSR count). The molecule has 0 saturated carbocycles. The fourth-order valence-electron chi connectivity index (χ4n) is 1.70. The molecule has 1 atom stereocenters. The Labute approximate surface area is 154 Å². The molecule has 1 heterocycles. The molecule has 0 amide bonds. The molecule has 1 aromatic heterocycles. The van der Waals surface area contributed by atoms with Gasteiger partial charge in [-0.1, -0.05) is 13.0 Å². The monoisotopic (exact) mass is 460 g/mol. The van der Waals surface area contributed by atoms with Gasteiger partial charge in [0.05, 0.1) is 6.26 Å². The third-order valence-electron chi connectivity index (χ3n) is 2.84. The van der Waals surface area contributed by atoms with Gasteiger partial charge in [0.25, 0.3) is 0 Å². The Morgan fingerprint density at radius 2 is 2.09 bits per heavy atom. The smallest absolute Gasteiger partial charge is 0.208 e. The minimum absolute atomic E-state index is 0. The first-order valence-electron chi connectivity index (χ1n) is 6.85. The number of guanidine groups is 1. The molecular formula is C13H25IN4O2S2. The first-order valence-corrected chi connectivity index (χ1v) is 9.62. The van der Waals surface area contributed by atoms with E-state index in [9.17, 15) is 8.42 Å². The van der Waals surface area contributed by atoms with E-state index in [0.717, 1.165) is 18.8 Å². The van der Waals surface area contributed by atoms with Crippen LogP contribution in [0.15, 0.2) is 22.5 Å². The number of nitrogens with zero attached hydrogens (tertiary/aromatic N) is 1. The average molecular weight is 460 g/mol. The Kier molecular flexibility index (Phi) is 11.0. The van der Waals surface area contributed by atoms with Gasteiger partial charge in [-0.05, 0) is 17.9 Å². The van der Waals surface area contributed by atoms with E-state index in [0.29, 0.717) is 25.4 Å². The normalized spacial score (nSPS) is 13.3. The highest BCUT2D eigenvalue weighted by molar-refractivity contribution is 14.0. The van der Waals surface area contributed by atoms with Crippen molar-refractivity contribution in [3.63, 3.8) is 0 Å². The Hall–Kier alpha value is -0.390. The molecule has 0 fully saturated rings. The summed E-state index contributed by atoms with van der Waals surface area (Å²) in [6, 6.07) is 4.18. The van der Waals surface area contributed by atoms with Crippen LogP contribution in [0.25, 0.3) is 0 Å². The van der Waals surface area contributed by atoms with E-state index in [1.165, 1.54) is 4.88 Å². The lowest BCUT2D eigenvalue weighted by atomic mass is 10.1. The zero-order valence-electron chi connectivity index (χ0n) is 13.1. The lowest BCUT2D eigenvalue weighted by Crippen LogP contribution is -2.40. The summed E-state index contributed by atoms with van der Waals surface area (Å²) in [5.74, 6) is 1.16. The predicted molar refractivity (Wildman–Crippen MR) is 105 cm³/mol. The van der Waals surface area contributed by atoms with Crippen LogP contribution in [0.4, 0.5) is 0 Å². The van der Waals surface area contributed by atoms with E-state index in [1.807, 2.05) is 0 Å². The second kappa shape index (κ2) is 11.2. The van der Waals surface area contributed by atoms with Gasteiger partial charge in [0.1, 0.15) is 0 Å². The summed E-state index contributed by atoms with van der Waals surface area (Å²) >= 11 is 1.75. The third-order valence-corrected chi connectivity index (χ3v) is 4.67. The molecule has 0 radical (unpaired) electrons. The second-order valence-corrected chi connectivity index (χ2v) is 7.63. The molecular weight excluding hydrogens is 435 g/mol. The van der Waals surface area contributed by atoms with Gasteiger partial charge in [0.15, 0.2) is 5.96 Å². The lowest BCUT2D eigenvalue weighted by molar-refractivity contribution is 0.584. The number of thiophene rings is 1. The van der Waals surface area contributed by atoms with Gasteiger partial charge in [-0.15, -0.1) is 35.3 Å². The fourth-order valence-corrected chi connectivity index (χ4v) is 3.00. The highest BCUT2D eigenvalue weighted by Gasteiger charge is 2.07. The molecule has 22 heavy (non-hydrogen) atoms. The summed E-state index contributed by atoms with van der Waals surface area (Å²) in [7, 11) is -1.38. The Balaban J connectivity index is 0.00000441. The highest BCUT2D eigenvalue weighted by atomic mass is 127. The number of nitrogens with one attached hydrogen (secondary N) is 3. The molecule has 9 heteroatoms. The van der Waals surface area contributed by atoms with Crippen LogP contribution in [0.1, 0.15) is 24.1 Å². The van der Waals surface area contributed by atoms with Gasteiger partial charge >= 0.3 is 0 Å². The molecule has 1 aromatic rings. The quantitative estimate of drug-likeness (QED) is 0.238. The largest absolute Gasteiger partial charge is 0.356 e. The Morgan fingerprint density at radius 3 is 2.64 bits per heavy atom. The van der Waals surface area contributed by atoms with Gasteiger partial charge in [-0.2, -0.15) is 0 Å². The van der Waals surface area contributed by atoms with E-state index >= 15 is 0 Å². The molecule has 0 aliphatic rings. The second-order valence-electron chi connectivity index (χ2n) is 4.82. The molecule has 0 spiro atoms. The van der Waals surface area contributed by atoms with Crippen molar-refractivity contribution < 1.29 is 8.42 Å². The van der Waals surface area contributed by atoms with E-state index in [-0.39, 0.29) is 24.0 Å². The molecule has 3 N–H and O–H groups in total. The zero-order valence-corrected chi connectivity index (χ0v) is 17.1. The fraction of sp³-hybridized carbons (Fsp3) is 0.615. The number of sulfonamides is 1. The summed E-state index contributed by atoms with van der Waals surface area (Å²) in [4.78, 5) is 5.49. The molecule has 0 aliphatic heterocycles. The first-order chi connectivity index (χ1) is 9.92. The summed E-state index contributed by atoms with van der Waals surface area (Å²) in [6.45, 7) is 4.06. The minimum atomic E-state index is -3.10. The molecule has 1 unspecified atom stereocenters. The molecule has 0 aliphatic carbocycles. The molecule has 0 bridgehead atoms. The highest BCUT2D eigenvalue weighted by Crippen LogP contribution is 2.19. The maximum atomic E-state index is 10.9. The topological polar surface area (TPSA) is 82.6 Å². The van der Waals surface area contributed by atoms with Crippen molar-refractivity contribution in [2.45, 2.75) is 19.3 Å². The van der Waals surface area contributed by atoms with Gasteiger partial charge in [-0.3, -0.25) is 4.99 Å². The van der Waals surface area contributed by atoms with E-state index in [4.69, 9.17) is 0 Å². The molecule has 128 valence electrons. The predicted octanol–water partition coefficient (Wildman–Crippen LogP) is 1.57. The van der Waals surface area contributed by atoms with Crippen LogP contribution in [-0.2, 0) is 10.0 Å². The number of rotatable bonds is 8. The maximum Gasteiger partial charge on any atom is 0.208 e. The van der Waals surface area contributed by atoms with Crippen LogP contribution in [0, 0.1) is 0 Å². The van der Waals surface area contributed by atoms with Gasteiger partial charge in [-0.25, -0.2) is 13.1 Å². The van der Waals surface area contributed by atoms with Crippen molar-refractivity contribution in [2.24, 2.45) is 4.99 Å². The summed E-state index contributed by atoms with van der Waals surface area (Å²) in [5.41, 5.74) is 0. The van der Waals surface area contributed by atoms with Crippen LogP contribution >= 0.6 is 35.3 Å². The number of halogens is 1. The average Bonchev–Trinajstić information content (AvgIpc) is 2.94. The van der Waals surface area contributed by atoms with Gasteiger partial charge in [0.2, 0.25) is 10.0 Å². The van der Waals surface area contributed by atoms with Crippen molar-refractivity contribution in [2.75, 3.05) is 32.9 Å². The van der Waals surface area contributed by atoms with E-state index in [1.54, 1.807) is 18.4 Å². The number of hydrogen-bond acceptors (Lipinski definition) is 4. The Morgan fingerprint density at radius 1 is 1.36 bits per heavy atom. The van der Waals surface area contributed by atoms with E-state index in [2.05, 4.69) is 44.8 Å². The third kappa shape index (κ3) is 9.59. The SMILES string of the molecule is CN=C(NCCCNS(C)(=O)=O)NCC(C)c1cccs1.I. The molecule has 0 saturated heterocycles. The summed E-state index contributed by atoms with van der Waals surface area (Å²) in [5, 5.41) is 8.51. The van der Waals surface area contributed by atoms with Crippen molar-refractivity contribution in [1.82, 2.24) is 15.4 Å². The lowest BCUT2D eigenvalue weighted by Gasteiger charge is -2.15. The van der Waals surface area contributed by atoms with Crippen LogP contribution < -0.4 is 15.4 Å². The number of aliphatic imine (C=N–C) groups is 1. The van der Waals surface area contributed by atoms with Crippen molar-refractivity contribution in [1.29, 1.82) is 0 Å². The van der Waals surface area contributed by atoms with Crippen LogP contribution in [0.5, 0.6) is 0 Å². The molecule has 6 nitrogen and oxygen atoms in total. The maximum absolute atomic E-state index is 10.9. The van der Waals surface area contributed by atoms with E-state index < -0.39 is 10.0 Å².